The second kappa shape index (κ2) is 6.69. The van der Waals surface area contributed by atoms with Gasteiger partial charge in [-0.2, -0.15) is 0 Å². The second-order valence-corrected chi connectivity index (χ2v) is 4.34. The van der Waals surface area contributed by atoms with Gasteiger partial charge < -0.3 is 15.2 Å². The lowest BCUT2D eigenvalue weighted by Gasteiger charge is -2.12. The van der Waals surface area contributed by atoms with Gasteiger partial charge in [0.15, 0.2) is 0 Å². The fourth-order valence-electron chi connectivity index (χ4n) is 1.26. The lowest BCUT2D eigenvalue weighted by Crippen LogP contribution is -2.09. The molecular weight excluding hydrogens is 230 g/mol. The summed E-state index contributed by atoms with van der Waals surface area (Å²) in [6.07, 6.45) is 1.52. The summed E-state index contributed by atoms with van der Waals surface area (Å²) in [6, 6.07) is 4.85. The molecule has 0 aliphatic carbocycles. The lowest BCUT2D eigenvalue weighted by molar-refractivity contribution is 0.0549. The Morgan fingerprint density at radius 1 is 1.50 bits per heavy atom. The van der Waals surface area contributed by atoms with Gasteiger partial charge in [0.05, 0.1) is 17.9 Å². The molecule has 0 amide bonds. The molecule has 0 spiro atoms. The van der Waals surface area contributed by atoms with Crippen LogP contribution in [0.25, 0.3) is 0 Å². The largest absolute Gasteiger partial charge is 0.491 e. The number of anilines is 1. The van der Waals surface area contributed by atoms with Gasteiger partial charge in [-0.1, -0.05) is 26.5 Å². The molecule has 0 atom stereocenters. The number of nitrogens with two attached hydrogens (primary N) is 1. The van der Waals surface area contributed by atoms with Crippen molar-refractivity contribution in [2.45, 2.75) is 13.8 Å². The van der Waals surface area contributed by atoms with E-state index in [2.05, 4.69) is 6.58 Å². The minimum Gasteiger partial charge on any atom is -0.491 e. The van der Waals surface area contributed by atoms with Gasteiger partial charge in [-0.05, 0) is 24.1 Å². The Labute approximate surface area is 107 Å². The van der Waals surface area contributed by atoms with Crippen LogP contribution in [0.4, 0.5) is 5.69 Å². The van der Waals surface area contributed by atoms with Crippen molar-refractivity contribution >= 4 is 11.7 Å². The smallest absolute Gasteiger partial charge is 0.338 e. The Bertz CT molecular complexity index is 427. The van der Waals surface area contributed by atoms with E-state index in [9.17, 15) is 4.79 Å². The van der Waals surface area contributed by atoms with Crippen molar-refractivity contribution in [1.29, 1.82) is 0 Å². The van der Waals surface area contributed by atoms with Crippen LogP contribution in [0.1, 0.15) is 24.2 Å². The molecule has 98 valence electrons. The van der Waals surface area contributed by atoms with E-state index in [4.69, 9.17) is 15.2 Å². The molecular formula is C14H19NO3. The summed E-state index contributed by atoms with van der Waals surface area (Å²) in [5, 5.41) is 0. The Kier molecular flexibility index (Phi) is 5.24. The van der Waals surface area contributed by atoms with Crippen molar-refractivity contribution < 1.29 is 14.3 Å². The van der Waals surface area contributed by atoms with Crippen molar-refractivity contribution in [3.63, 3.8) is 0 Å². The summed E-state index contributed by atoms with van der Waals surface area (Å²) >= 11 is 0. The molecule has 1 aromatic carbocycles. The molecule has 1 aromatic rings. The topological polar surface area (TPSA) is 61.5 Å². The second-order valence-electron chi connectivity index (χ2n) is 4.34. The van der Waals surface area contributed by atoms with E-state index >= 15 is 0 Å². The van der Waals surface area contributed by atoms with Gasteiger partial charge in [-0.15, -0.1) is 0 Å². The maximum absolute atomic E-state index is 11.6. The summed E-state index contributed by atoms with van der Waals surface area (Å²) in [5.74, 6) is 0.488. The van der Waals surface area contributed by atoms with Crippen molar-refractivity contribution in [2.24, 2.45) is 5.92 Å². The quantitative estimate of drug-likeness (QED) is 0.478. The number of carbonyl (C=O) groups is 1. The van der Waals surface area contributed by atoms with Crippen LogP contribution in [0, 0.1) is 5.92 Å². The maximum Gasteiger partial charge on any atom is 0.338 e. The molecule has 0 radical (unpaired) electrons. The summed E-state index contributed by atoms with van der Waals surface area (Å²) in [7, 11) is 0. The molecule has 2 N–H and O–H groups in total. The molecule has 18 heavy (non-hydrogen) atoms. The highest BCUT2D eigenvalue weighted by molar-refractivity contribution is 5.90. The SMILES string of the molecule is C=CCOC(=O)c1ccc(N)c(OCC(C)C)c1. The molecule has 0 heterocycles. The molecule has 0 unspecified atom stereocenters. The highest BCUT2D eigenvalue weighted by Gasteiger charge is 2.10. The molecule has 0 saturated heterocycles. The van der Waals surface area contributed by atoms with Crippen molar-refractivity contribution in [3.8, 4) is 5.75 Å². The fraction of sp³-hybridized carbons (Fsp3) is 0.357. The average molecular weight is 249 g/mol. The van der Waals surface area contributed by atoms with Crippen molar-refractivity contribution in [3.05, 3.63) is 36.4 Å². The zero-order valence-electron chi connectivity index (χ0n) is 10.8. The number of hydrogen-bond donors (Lipinski definition) is 1. The molecule has 0 aliphatic heterocycles. The van der Waals surface area contributed by atoms with Crippen LogP contribution in [0.5, 0.6) is 5.75 Å². The molecule has 4 nitrogen and oxygen atoms in total. The van der Waals surface area contributed by atoms with Crippen LogP contribution in [0.15, 0.2) is 30.9 Å². The number of rotatable bonds is 6. The van der Waals surface area contributed by atoms with E-state index in [-0.39, 0.29) is 6.61 Å². The zero-order chi connectivity index (χ0) is 13.5. The van der Waals surface area contributed by atoms with E-state index in [1.54, 1.807) is 18.2 Å². The minimum atomic E-state index is -0.413. The van der Waals surface area contributed by atoms with Gasteiger partial charge in [0.1, 0.15) is 12.4 Å². The molecule has 4 heteroatoms. The summed E-state index contributed by atoms with van der Waals surface area (Å²) < 4.78 is 10.5. The number of ether oxygens (including phenoxy) is 2. The monoisotopic (exact) mass is 249 g/mol. The third-order valence-electron chi connectivity index (χ3n) is 2.15. The summed E-state index contributed by atoms with van der Waals surface area (Å²) in [5.41, 5.74) is 6.71. The van der Waals surface area contributed by atoms with Gasteiger partial charge in [-0.25, -0.2) is 4.79 Å². The first-order chi connectivity index (χ1) is 8.54. The van der Waals surface area contributed by atoms with Gasteiger partial charge in [0.2, 0.25) is 0 Å². The fourth-order valence-corrected chi connectivity index (χ4v) is 1.26. The Balaban J connectivity index is 2.79. The van der Waals surface area contributed by atoms with Crippen LogP contribution < -0.4 is 10.5 Å². The normalized spacial score (nSPS) is 10.2. The molecule has 1 rings (SSSR count). The summed E-state index contributed by atoms with van der Waals surface area (Å²) in [6.45, 7) is 8.30. The van der Waals surface area contributed by atoms with Crippen LogP contribution >= 0.6 is 0 Å². The number of nitrogen functional groups attached to an aromatic ring is 1. The van der Waals surface area contributed by atoms with E-state index in [1.165, 1.54) is 6.08 Å². The molecule has 0 aliphatic rings. The van der Waals surface area contributed by atoms with Crippen LogP contribution in [0.2, 0.25) is 0 Å². The molecule has 0 fully saturated rings. The predicted molar refractivity (Wildman–Crippen MR) is 71.7 cm³/mol. The van der Waals surface area contributed by atoms with Gasteiger partial charge in [0, 0.05) is 0 Å². The third-order valence-corrected chi connectivity index (χ3v) is 2.15. The first kappa shape index (κ1) is 14.1. The van der Waals surface area contributed by atoms with E-state index in [0.717, 1.165) is 0 Å². The standard InChI is InChI=1S/C14H19NO3/c1-4-7-17-14(16)11-5-6-12(15)13(8-11)18-9-10(2)3/h4-6,8,10H,1,7,9,15H2,2-3H3. The van der Waals surface area contributed by atoms with Gasteiger partial charge in [-0.3, -0.25) is 0 Å². The first-order valence-electron chi connectivity index (χ1n) is 5.85. The Morgan fingerprint density at radius 2 is 2.22 bits per heavy atom. The Morgan fingerprint density at radius 3 is 2.83 bits per heavy atom. The van der Waals surface area contributed by atoms with Crippen molar-refractivity contribution in [2.75, 3.05) is 18.9 Å². The van der Waals surface area contributed by atoms with Crippen LogP contribution in [-0.2, 0) is 4.74 Å². The highest BCUT2D eigenvalue weighted by Crippen LogP contribution is 2.23. The summed E-state index contributed by atoms with van der Waals surface area (Å²) in [4.78, 5) is 11.6. The van der Waals surface area contributed by atoms with E-state index < -0.39 is 5.97 Å². The molecule has 0 bridgehead atoms. The maximum atomic E-state index is 11.6. The number of esters is 1. The Hall–Kier alpha value is -1.97. The van der Waals surface area contributed by atoms with Crippen LogP contribution in [0.3, 0.4) is 0 Å². The highest BCUT2D eigenvalue weighted by atomic mass is 16.5. The molecule has 0 saturated carbocycles. The van der Waals surface area contributed by atoms with Crippen molar-refractivity contribution in [1.82, 2.24) is 0 Å². The first-order valence-corrected chi connectivity index (χ1v) is 5.85. The van der Waals surface area contributed by atoms with Crippen LogP contribution in [-0.4, -0.2) is 19.2 Å². The van der Waals surface area contributed by atoms with Gasteiger partial charge in [0.25, 0.3) is 0 Å². The minimum absolute atomic E-state index is 0.186. The number of hydrogen-bond acceptors (Lipinski definition) is 4. The number of carbonyl (C=O) groups excluding carboxylic acids is 1. The lowest BCUT2D eigenvalue weighted by atomic mass is 10.2. The van der Waals surface area contributed by atoms with E-state index in [1.807, 2.05) is 13.8 Å². The van der Waals surface area contributed by atoms with Gasteiger partial charge >= 0.3 is 5.97 Å². The molecule has 0 aromatic heterocycles. The average Bonchev–Trinajstić information content (AvgIpc) is 2.34. The van der Waals surface area contributed by atoms with E-state index in [0.29, 0.717) is 29.5 Å². The zero-order valence-corrected chi connectivity index (χ0v) is 10.8. The number of benzene rings is 1. The third kappa shape index (κ3) is 4.13. The predicted octanol–water partition coefficient (Wildman–Crippen LogP) is 2.65.